The number of nitrogens with two attached hydrogens (primary N) is 1. The maximum atomic E-state index is 12.5. The molecule has 1 aromatic carbocycles. The summed E-state index contributed by atoms with van der Waals surface area (Å²) in [6.07, 6.45) is 1.95. The Bertz CT molecular complexity index is 964. The molecule has 3 rings (SSSR count). The van der Waals surface area contributed by atoms with Gasteiger partial charge in [0, 0.05) is 16.2 Å². The minimum atomic E-state index is -0.476. The fourth-order valence-corrected chi connectivity index (χ4v) is 3.84. The van der Waals surface area contributed by atoms with Crippen LogP contribution in [-0.4, -0.2) is 33.6 Å². The number of hydrogen-bond donors (Lipinski definition) is 3. The van der Waals surface area contributed by atoms with Crippen molar-refractivity contribution in [3.05, 3.63) is 63.1 Å². The van der Waals surface area contributed by atoms with Gasteiger partial charge in [0.25, 0.3) is 5.91 Å². The Labute approximate surface area is 170 Å². The predicted molar refractivity (Wildman–Crippen MR) is 108 cm³/mol. The highest BCUT2D eigenvalue weighted by Gasteiger charge is 2.17. The van der Waals surface area contributed by atoms with Crippen LogP contribution in [0.25, 0.3) is 10.6 Å². The van der Waals surface area contributed by atoms with Crippen molar-refractivity contribution in [2.24, 2.45) is 0 Å². The van der Waals surface area contributed by atoms with Crippen LogP contribution in [0.1, 0.15) is 15.2 Å². The lowest BCUT2D eigenvalue weighted by Gasteiger charge is -2.16. The van der Waals surface area contributed by atoms with Crippen LogP contribution in [0.4, 0.5) is 5.95 Å². The molecule has 0 fully saturated rings. The maximum absolute atomic E-state index is 12.5. The Morgan fingerprint density at radius 1 is 1.26 bits per heavy atom. The Morgan fingerprint density at radius 2 is 2.07 bits per heavy atom. The predicted octanol–water partition coefficient (Wildman–Crippen LogP) is 3.43. The number of carbonyl (C=O) groups excluding carboxylic acids is 1. The van der Waals surface area contributed by atoms with Crippen molar-refractivity contribution >= 4 is 46.4 Å². The molecule has 6 nitrogen and oxygen atoms in total. The fourth-order valence-electron chi connectivity index (χ4n) is 2.48. The van der Waals surface area contributed by atoms with Crippen LogP contribution in [0.5, 0.6) is 0 Å². The molecule has 0 aliphatic carbocycles. The molecule has 3 aromatic rings. The van der Waals surface area contributed by atoms with E-state index in [1.165, 1.54) is 11.3 Å². The van der Waals surface area contributed by atoms with Gasteiger partial charge in [-0.15, -0.1) is 11.3 Å². The van der Waals surface area contributed by atoms with Gasteiger partial charge in [-0.05, 0) is 42.3 Å². The van der Waals surface area contributed by atoms with E-state index in [9.17, 15) is 9.90 Å². The number of nitrogens with zero attached hydrogens (tertiary/aromatic N) is 2. The molecule has 0 bridgehead atoms. The summed E-state index contributed by atoms with van der Waals surface area (Å²) < 4.78 is 0. The molecule has 0 unspecified atom stereocenters. The lowest BCUT2D eigenvalue weighted by molar-refractivity contribution is 0.0920. The number of amides is 1. The van der Waals surface area contributed by atoms with Crippen molar-refractivity contribution < 1.29 is 9.90 Å². The van der Waals surface area contributed by atoms with Gasteiger partial charge < -0.3 is 16.2 Å². The first-order valence-corrected chi connectivity index (χ1v) is 9.58. The number of aromatic nitrogens is 2. The molecular weight excluding hydrogens is 407 g/mol. The number of aliphatic hydroxyl groups is 1. The molecule has 4 N–H and O–H groups in total. The molecule has 2 aromatic heterocycles. The van der Waals surface area contributed by atoms with Crippen LogP contribution in [-0.2, 0) is 6.42 Å². The van der Waals surface area contributed by atoms with Crippen LogP contribution in [0.15, 0.2) is 42.6 Å². The zero-order valence-electron chi connectivity index (χ0n) is 14.0. The molecule has 1 amide bonds. The summed E-state index contributed by atoms with van der Waals surface area (Å²) in [4.78, 5) is 21.8. The van der Waals surface area contributed by atoms with Crippen LogP contribution >= 0.6 is 34.5 Å². The van der Waals surface area contributed by atoms with Crippen molar-refractivity contribution in [2.45, 2.75) is 12.5 Å². The van der Waals surface area contributed by atoms with Gasteiger partial charge in [-0.2, -0.15) is 0 Å². The van der Waals surface area contributed by atoms with Gasteiger partial charge in [-0.1, -0.05) is 29.3 Å². The largest absolute Gasteiger partial charge is 0.394 e. The van der Waals surface area contributed by atoms with Gasteiger partial charge in [-0.3, -0.25) is 4.79 Å². The molecular formula is C18H16Cl2N4O2S. The Kier molecular flexibility index (Phi) is 6.28. The Balaban J connectivity index is 1.70. The van der Waals surface area contributed by atoms with E-state index in [0.29, 0.717) is 27.0 Å². The smallest absolute Gasteiger partial charge is 0.261 e. The molecule has 0 radical (unpaired) electrons. The molecule has 0 aliphatic heterocycles. The number of thiophene rings is 1. The van der Waals surface area contributed by atoms with E-state index in [1.54, 1.807) is 42.6 Å². The summed E-state index contributed by atoms with van der Waals surface area (Å²) >= 11 is 13.3. The highest BCUT2D eigenvalue weighted by Crippen LogP contribution is 2.27. The average molecular weight is 423 g/mol. The van der Waals surface area contributed by atoms with Crippen LogP contribution in [0.3, 0.4) is 0 Å². The summed E-state index contributed by atoms with van der Waals surface area (Å²) in [7, 11) is 0. The van der Waals surface area contributed by atoms with E-state index in [1.807, 2.05) is 0 Å². The van der Waals surface area contributed by atoms with Gasteiger partial charge in [0.2, 0.25) is 5.95 Å². The highest BCUT2D eigenvalue weighted by atomic mass is 35.5. The summed E-state index contributed by atoms with van der Waals surface area (Å²) in [6, 6.07) is 9.89. The number of benzene rings is 1. The van der Waals surface area contributed by atoms with E-state index in [2.05, 4.69) is 15.3 Å². The fraction of sp³-hybridized carbons (Fsp3) is 0.167. The number of nitrogens with one attached hydrogen (secondary N) is 1. The third-order valence-electron chi connectivity index (χ3n) is 3.79. The second-order valence-electron chi connectivity index (χ2n) is 5.76. The number of hydrogen-bond acceptors (Lipinski definition) is 6. The van der Waals surface area contributed by atoms with Crippen LogP contribution < -0.4 is 11.1 Å². The zero-order chi connectivity index (χ0) is 19.4. The molecule has 0 saturated carbocycles. The quantitative estimate of drug-likeness (QED) is 0.564. The first-order valence-electron chi connectivity index (χ1n) is 8.00. The molecule has 27 heavy (non-hydrogen) atoms. The second-order valence-corrected chi connectivity index (χ2v) is 7.68. The van der Waals surface area contributed by atoms with E-state index < -0.39 is 6.04 Å². The summed E-state index contributed by atoms with van der Waals surface area (Å²) in [5.74, 6) is -0.107. The standard InChI is InChI=1S/C18H16Cl2N4O2S/c19-11-2-1-10(13(20)8-11)7-12(9-25)23-17(26)16-4-3-15(27-16)14-5-6-22-18(21)24-14/h1-6,8,12,25H,7,9H2,(H,23,26)(H2,21,22,24)/t12-/m0/s1. The Hall–Kier alpha value is -2.19. The minimum absolute atomic E-state index is 0.173. The van der Waals surface area contributed by atoms with E-state index in [-0.39, 0.29) is 18.5 Å². The normalized spacial score (nSPS) is 12.0. The van der Waals surface area contributed by atoms with Gasteiger partial charge in [-0.25, -0.2) is 9.97 Å². The monoisotopic (exact) mass is 422 g/mol. The lowest BCUT2D eigenvalue weighted by Crippen LogP contribution is -2.38. The van der Waals surface area contributed by atoms with Crippen LogP contribution in [0.2, 0.25) is 10.0 Å². The average Bonchev–Trinajstić information content (AvgIpc) is 3.13. The number of nitrogen functional groups attached to an aromatic ring is 1. The SMILES string of the molecule is Nc1nccc(-c2ccc(C(=O)N[C@H](CO)Cc3ccc(Cl)cc3Cl)s2)n1. The molecule has 9 heteroatoms. The molecule has 140 valence electrons. The number of carbonyl (C=O) groups is 1. The van der Waals surface area contributed by atoms with Gasteiger partial charge in [0.15, 0.2) is 0 Å². The van der Waals surface area contributed by atoms with E-state index in [4.69, 9.17) is 28.9 Å². The Morgan fingerprint density at radius 3 is 2.78 bits per heavy atom. The van der Waals surface area contributed by atoms with Gasteiger partial charge in [0.05, 0.1) is 28.1 Å². The third kappa shape index (κ3) is 4.95. The summed E-state index contributed by atoms with van der Waals surface area (Å²) in [5, 5.41) is 13.5. The molecule has 1 atom stereocenters. The van der Waals surface area contributed by atoms with Crippen molar-refractivity contribution in [2.75, 3.05) is 12.3 Å². The number of rotatable bonds is 6. The third-order valence-corrected chi connectivity index (χ3v) is 5.49. The molecule has 0 saturated heterocycles. The lowest BCUT2D eigenvalue weighted by atomic mass is 10.1. The van der Waals surface area contributed by atoms with Gasteiger partial charge >= 0.3 is 0 Å². The van der Waals surface area contributed by atoms with Crippen LogP contribution in [0, 0.1) is 0 Å². The van der Waals surface area contributed by atoms with Crippen molar-refractivity contribution in [3.63, 3.8) is 0 Å². The van der Waals surface area contributed by atoms with E-state index in [0.717, 1.165) is 10.4 Å². The molecule has 0 spiro atoms. The van der Waals surface area contributed by atoms with Crippen molar-refractivity contribution in [3.8, 4) is 10.6 Å². The number of aliphatic hydroxyl groups excluding tert-OH is 1. The second kappa shape index (κ2) is 8.67. The van der Waals surface area contributed by atoms with Crippen molar-refractivity contribution in [1.29, 1.82) is 0 Å². The maximum Gasteiger partial charge on any atom is 0.261 e. The number of halogens is 2. The van der Waals surface area contributed by atoms with E-state index >= 15 is 0 Å². The molecule has 0 aliphatic rings. The highest BCUT2D eigenvalue weighted by molar-refractivity contribution is 7.17. The summed E-state index contributed by atoms with van der Waals surface area (Å²) in [5.41, 5.74) is 7.04. The minimum Gasteiger partial charge on any atom is -0.394 e. The molecule has 2 heterocycles. The van der Waals surface area contributed by atoms with Gasteiger partial charge in [0.1, 0.15) is 0 Å². The van der Waals surface area contributed by atoms with Crippen molar-refractivity contribution in [1.82, 2.24) is 15.3 Å². The first kappa shape index (κ1) is 19.6. The summed E-state index contributed by atoms with van der Waals surface area (Å²) in [6.45, 7) is -0.217. The number of anilines is 1. The topological polar surface area (TPSA) is 101 Å². The zero-order valence-corrected chi connectivity index (χ0v) is 16.4. The first-order chi connectivity index (χ1) is 13.0.